The smallest absolute Gasteiger partial charge is 0.272 e. The Morgan fingerprint density at radius 2 is 1.96 bits per heavy atom. The molecule has 1 saturated heterocycles. The van der Waals surface area contributed by atoms with Crippen LogP contribution in [0.3, 0.4) is 0 Å². The Kier molecular flexibility index (Phi) is 4.06. The monoisotopic (exact) mass is 335 g/mol. The molecule has 1 aromatic heterocycles. The maximum absolute atomic E-state index is 12.6. The van der Waals surface area contributed by atoms with Crippen LogP contribution in [0.15, 0.2) is 48.5 Å². The van der Waals surface area contributed by atoms with Crippen molar-refractivity contribution in [3.05, 3.63) is 54.2 Å². The average Bonchev–Trinajstić information content (AvgIpc) is 3.31. The Balaban J connectivity index is 1.54. The van der Waals surface area contributed by atoms with E-state index in [2.05, 4.69) is 21.3 Å². The van der Waals surface area contributed by atoms with E-state index in [0.717, 1.165) is 41.1 Å². The highest BCUT2D eigenvalue weighted by atomic mass is 16.5. The highest BCUT2D eigenvalue weighted by Crippen LogP contribution is 2.25. The van der Waals surface area contributed by atoms with E-state index >= 15 is 0 Å². The summed E-state index contributed by atoms with van der Waals surface area (Å²) in [4.78, 5) is 18.1. The Labute approximate surface area is 146 Å². The van der Waals surface area contributed by atoms with E-state index in [9.17, 15) is 4.79 Å². The van der Waals surface area contributed by atoms with Gasteiger partial charge in [-0.15, -0.1) is 0 Å². The number of benzene rings is 2. The number of ether oxygens (including phenoxy) is 1. The van der Waals surface area contributed by atoms with Crippen LogP contribution in [0, 0.1) is 0 Å². The van der Waals surface area contributed by atoms with Gasteiger partial charge in [-0.25, -0.2) is 0 Å². The van der Waals surface area contributed by atoms with Crippen LogP contribution >= 0.6 is 0 Å². The van der Waals surface area contributed by atoms with Gasteiger partial charge in [0.2, 0.25) is 0 Å². The summed E-state index contributed by atoms with van der Waals surface area (Å²) < 4.78 is 5.22. The predicted molar refractivity (Wildman–Crippen MR) is 101 cm³/mol. The van der Waals surface area contributed by atoms with Gasteiger partial charge in [-0.2, -0.15) is 0 Å². The van der Waals surface area contributed by atoms with Crippen LogP contribution in [0.1, 0.15) is 23.3 Å². The zero-order valence-electron chi connectivity index (χ0n) is 14.2. The summed E-state index contributed by atoms with van der Waals surface area (Å²) in [5, 5.41) is 3.97. The van der Waals surface area contributed by atoms with E-state index in [-0.39, 0.29) is 5.91 Å². The Morgan fingerprint density at radius 1 is 1.12 bits per heavy atom. The lowest BCUT2D eigenvalue weighted by atomic mass is 10.2. The molecular weight excluding hydrogens is 314 g/mol. The zero-order valence-corrected chi connectivity index (χ0v) is 14.2. The first-order valence-corrected chi connectivity index (χ1v) is 8.56. The van der Waals surface area contributed by atoms with Crippen LogP contribution in [-0.4, -0.2) is 31.1 Å². The number of rotatable bonds is 4. The van der Waals surface area contributed by atoms with Crippen LogP contribution in [0.5, 0.6) is 5.75 Å². The first kappa shape index (κ1) is 15.6. The standard InChI is InChI=1S/C20H21N3O2/c1-25-17-8-7-14-11-19(22-18(14)13-17)20(24)21-15-5-4-6-16(12-15)23-9-2-3-10-23/h4-8,11-13,22H,2-3,9-10H2,1H3,(H,21,24). The van der Waals surface area contributed by atoms with E-state index in [1.165, 1.54) is 12.8 Å². The maximum Gasteiger partial charge on any atom is 0.272 e. The number of methoxy groups -OCH3 is 1. The fourth-order valence-corrected chi connectivity index (χ4v) is 3.31. The minimum Gasteiger partial charge on any atom is -0.497 e. The van der Waals surface area contributed by atoms with Crippen LogP contribution in [0.4, 0.5) is 11.4 Å². The molecule has 1 aliphatic heterocycles. The molecule has 0 aliphatic carbocycles. The largest absolute Gasteiger partial charge is 0.497 e. The molecule has 25 heavy (non-hydrogen) atoms. The number of aromatic nitrogens is 1. The summed E-state index contributed by atoms with van der Waals surface area (Å²) >= 11 is 0. The lowest BCUT2D eigenvalue weighted by Gasteiger charge is -2.18. The van der Waals surface area contributed by atoms with E-state index in [0.29, 0.717) is 5.69 Å². The number of hydrogen-bond donors (Lipinski definition) is 2. The Hall–Kier alpha value is -2.95. The average molecular weight is 335 g/mol. The number of fused-ring (bicyclic) bond motifs is 1. The molecule has 3 aromatic rings. The predicted octanol–water partition coefficient (Wildman–Crippen LogP) is 4.03. The second kappa shape index (κ2) is 6.51. The van der Waals surface area contributed by atoms with Gasteiger partial charge in [-0.1, -0.05) is 6.07 Å². The van der Waals surface area contributed by atoms with Crippen LogP contribution < -0.4 is 15.0 Å². The van der Waals surface area contributed by atoms with Crippen molar-refractivity contribution < 1.29 is 9.53 Å². The Morgan fingerprint density at radius 3 is 2.76 bits per heavy atom. The van der Waals surface area contributed by atoms with E-state index in [1.54, 1.807) is 7.11 Å². The molecule has 0 spiro atoms. The van der Waals surface area contributed by atoms with Crippen molar-refractivity contribution in [2.75, 3.05) is 30.4 Å². The lowest BCUT2D eigenvalue weighted by Crippen LogP contribution is -2.18. The van der Waals surface area contributed by atoms with Gasteiger partial charge in [0.05, 0.1) is 7.11 Å². The van der Waals surface area contributed by atoms with Gasteiger partial charge < -0.3 is 19.9 Å². The number of amides is 1. The summed E-state index contributed by atoms with van der Waals surface area (Å²) in [5.74, 6) is 0.619. The van der Waals surface area contributed by atoms with Crippen LogP contribution in [0.2, 0.25) is 0 Å². The summed E-state index contributed by atoms with van der Waals surface area (Å²) in [7, 11) is 1.63. The molecule has 0 unspecified atom stereocenters. The third-order valence-corrected chi connectivity index (χ3v) is 4.65. The number of nitrogens with zero attached hydrogens (tertiary/aromatic N) is 1. The summed E-state index contributed by atoms with van der Waals surface area (Å²) in [6.45, 7) is 2.17. The normalized spacial score (nSPS) is 14.0. The topological polar surface area (TPSA) is 57.4 Å². The second-order valence-corrected chi connectivity index (χ2v) is 6.33. The summed E-state index contributed by atoms with van der Waals surface area (Å²) in [6.07, 6.45) is 2.46. The highest BCUT2D eigenvalue weighted by Gasteiger charge is 2.14. The summed E-state index contributed by atoms with van der Waals surface area (Å²) in [5.41, 5.74) is 3.40. The number of anilines is 2. The fraction of sp³-hybridized carbons (Fsp3) is 0.250. The number of H-pyrrole nitrogens is 1. The van der Waals surface area contributed by atoms with Crippen molar-refractivity contribution >= 4 is 28.2 Å². The van der Waals surface area contributed by atoms with Gasteiger partial charge in [0.15, 0.2) is 0 Å². The second-order valence-electron chi connectivity index (χ2n) is 6.33. The number of carbonyl (C=O) groups is 1. The first-order valence-electron chi connectivity index (χ1n) is 8.56. The third-order valence-electron chi connectivity index (χ3n) is 4.65. The van der Waals surface area contributed by atoms with Crippen molar-refractivity contribution in [2.45, 2.75) is 12.8 Å². The van der Waals surface area contributed by atoms with Crippen molar-refractivity contribution in [3.8, 4) is 5.75 Å². The first-order chi connectivity index (χ1) is 12.2. The molecule has 2 aromatic carbocycles. The fourth-order valence-electron chi connectivity index (χ4n) is 3.31. The Bertz CT molecular complexity index is 910. The lowest BCUT2D eigenvalue weighted by molar-refractivity contribution is 0.102. The van der Waals surface area contributed by atoms with Crippen LogP contribution in [-0.2, 0) is 0 Å². The molecule has 1 fully saturated rings. The molecular formula is C20H21N3O2. The minimum absolute atomic E-state index is 0.145. The molecule has 5 nitrogen and oxygen atoms in total. The van der Waals surface area contributed by atoms with Gasteiger partial charge in [-0.3, -0.25) is 4.79 Å². The molecule has 1 amide bonds. The van der Waals surface area contributed by atoms with Crippen LogP contribution in [0.25, 0.3) is 10.9 Å². The van der Waals surface area contributed by atoms with Gasteiger partial charge in [0.25, 0.3) is 5.91 Å². The van der Waals surface area contributed by atoms with Gasteiger partial charge in [0.1, 0.15) is 11.4 Å². The number of nitrogens with one attached hydrogen (secondary N) is 2. The van der Waals surface area contributed by atoms with Crippen molar-refractivity contribution in [3.63, 3.8) is 0 Å². The van der Waals surface area contributed by atoms with Gasteiger partial charge >= 0.3 is 0 Å². The maximum atomic E-state index is 12.6. The molecule has 128 valence electrons. The zero-order chi connectivity index (χ0) is 17.2. The summed E-state index contributed by atoms with van der Waals surface area (Å²) in [6, 6.07) is 15.6. The highest BCUT2D eigenvalue weighted by molar-refractivity contribution is 6.06. The molecule has 0 atom stereocenters. The molecule has 0 radical (unpaired) electrons. The molecule has 2 N–H and O–H groups in total. The third kappa shape index (κ3) is 3.18. The molecule has 2 heterocycles. The quantitative estimate of drug-likeness (QED) is 0.757. The molecule has 0 saturated carbocycles. The van der Waals surface area contributed by atoms with Crippen molar-refractivity contribution in [1.82, 2.24) is 4.98 Å². The van der Waals surface area contributed by atoms with Gasteiger partial charge in [0, 0.05) is 41.4 Å². The number of carbonyl (C=O) groups excluding carboxylic acids is 1. The van der Waals surface area contributed by atoms with E-state index < -0.39 is 0 Å². The van der Waals surface area contributed by atoms with Gasteiger partial charge in [-0.05, 0) is 49.2 Å². The number of hydrogen-bond acceptors (Lipinski definition) is 3. The van der Waals surface area contributed by atoms with E-state index in [1.807, 2.05) is 42.5 Å². The van der Waals surface area contributed by atoms with Crippen molar-refractivity contribution in [2.24, 2.45) is 0 Å². The molecule has 1 aliphatic rings. The van der Waals surface area contributed by atoms with E-state index in [4.69, 9.17) is 4.74 Å². The molecule has 5 heteroatoms. The minimum atomic E-state index is -0.145. The van der Waals surface area contributed by atoms with Crippen molar-refractivity contribution in [1.29, 1.82) is 0 Å². The SMILES string of the molecule is COc1ccc2cc(C(=O)Nc3cccc(N4CCCC4)c3)[nH]c2c1. The molecule has 0 bridgehead atoms. The molecule has 4 rings (SSSR count). The number of aromatic amines is 1.